The Balaban J connectivity index is 1.58. The van der Waals surface area contributed by atoms with Crippen LogP contribution in [0.3, 0.4) is 0 Å². The topological polar surface area (TPSA) is 92.5 Å². The zero-order valence-corrected chi connectivity index (χ0v) is 15.5. The number of nitrogens with zero attached hydrogens (tertiary/aromatic N) is 3. The van der Waals surface area contributed by atoms with Crippen molar-refractivity contribution in [1.82, 2.24) is 20.4 Å². The molecule has 2 amide bonds. The number of aromatic nitrogens is 2. The molecule has 1 aliphatic rings. The number of benzene rings is 1. The first kappa shape index (κ1) is 18.3. The Bertz CT molecular complexity index is 744. The van der Waals surface area contributed by atoms with Crippen molar-refractivity contribution >= 4 is 11.7 Å². The van der Waals surface area contributed by atoms with Crippen molar-refractivity contribution in [3.05, 3.63) is 30.1 Å². The van der Waals surface area contributed by atoms with E-state index in [0.717, 1.165) is 18.7 Å². The first-order valence-electron chi connectivity index (χ1n) is 8.71. The fourth-order valence-corrected chi connectivity index (χ4v) is 3.05. The molecule has 0 bridgehead atoms. The van der Waals surface area contributed by atoms with Crippen molar-refractivity contribution in [2.75, 3.05) is 25.5 Å². The van der Waals surface area contributed by atoms with Crippen molar-refractivity contribution < 1.29 is 14.1 Å². The molecule has 26 heavy (non-hydrogen) atoms. The van der Waals surface area contributed by atoms with E-state index in [-0.39, 0.29) is 18.2 Å². The molecule has 0 spiro atoms. The smallest absolute Gasteiger partial charge is 0.319 e. The highest BCUT2D eigenvalue weighted by molar-refractivity contribution is 5.89. The van der Waals surface area contributed by atoms with Crippen LogP contribution in [0.15, 0.2) is 28.8 Å². The predicted molar refractivity (Wildman–Crippen MR) is 97.9 cm³/mol. The quantitative estimate of drug-likeness (QED) is 0.851. The Labute approximate surface area is 152 Å². The standard InChI is InChI=1S/C18H25N5O3/c1-11(2)23-9-15(16(10-23)25-4)21-18(24)20-14-7-5-13(6-8-14)17-19-12(3)22-26-17/h5-8,11,15-16H,9-10H2,1-4H3,(H2,20,21,24)/t15-,16-/m0/s1. The molecule has 140 valence electrons. The first-order chi connectivity index (χ1) is 12.5. The van der Waals surface area contributed by atoms with Gasteiger partial charge in [0.25, 0.3) is 5.89 Å². The molecule has 0 aliphatic carbocycles. The van der Waals surface area contributed by atoms with Crippen LogP contribution >= 0.6 is 0 Å². The Morgan fingerprint density at radius 1 is 1.31 bits per heavy atom. The van der Waals surface area contributed by atoms with Crippen LogP contribution in [0, 0.1) is 6.92 Å². The van der Waals surface area contributed by atoms with Crippen molar-refractivity contribution in [2.45, 2.75) is 39.0 Å². The van der Waals surface area contributed by atoms with Crippen LogP contribution in [0.5, 0.6) is 0 Å². The van der Waals surface area contributed by atoms with Crippen molar-refractivity contribution in [3.8, 4) is 11.5 Å². The van der Waals surface area contributed by atoms with E-state index in [2.05, 4.69) is 39.5 Å². The van der Waals surface area contributed by atoms with Crippen LogP contribution in [0.4, 0.5) is 10.5 Å². The molecular weight excluding hydrogens is 334 g/mol. The van der Waals surface area contributed by atoms with Crippen molar-refractivity contribution in [2.24, 2.45) is 0 Å². The third-order valence-corrected chi connectivity index (χ3v) is 4.56. The van der Waals surface area contributed by atoms with Gasteiger partial charge in [-0.1, -0.05) is 5.16 Å². The lowest BCUT2D eigenvalue weighted by atomic mass is 10.2. The first-order valence-corrected chi connectivity index (χ1v) is 8.71. The maximum atomic E-state index is 12.3. The maximum Gasteiger partial charge on any atom is 0.319 e. The summed E-state index contributed by atoms with van der Waals surface area (Å²) in [5.41, 5.74) is 1.49. The van der Waals surface area contributed by atoms with E-state index in [9.17, 15) is 4.79 Å². The Hall–Kier alpha value is -2.45. The van der Waals surface area contributed by atoms with Gasteiger partial charge in [0.15, 0.2) is 5.82 Å². The summed E-state index contributed by atoms with van der Waals surface area (Å²) in [5.74, 6) is 1.04. The monoisotopic (exact) mass is 359 g/mol. The number of hydrogen-bond acceptors (Lipinski definition) is 6. The number of anilines is 1. The summed E-state index contributed by atoms with van der Waals surface area (Å²) in [7, 11) is 1.68. The molecule has 0 saturated carbocycles. The normalized spacial score (nSPS) is 20.5. The number of urea groups is 1. The largest absolute Gasteiger partial charge is 0.378 e. The van der Waals surface area contributed by atoms with Gasteiger partial charge in [0.05, 0.1) is 12.1 Å². The van der Waals surface area contributed by atoms with Crippen molar-refractivity contribution in [3.63, 3.8) is 0 Å². The lowest BCUT2D eigenvalue weighted by Crippen LogP contribution is -2.45. The van der Waals surface area contributed by atoms with Crippen molar-refractivity contribution in [1.29, 1.82) is 0 Å². The Morgan fingerprint density at radius 3 is 2.62 bits per heavy atom. The van der Waals surface area contributed by atoms with Crippen LogP contribution in [-0.4, -0.2) is 59.5 Å². The highest BCUT2D eigenvalue weighted by Gasteiger charge is 2.34. The predicted octanol–water partition coefficient (Wildman–Crippen LogP) is 2.27. The summed E-state index contributed by atoms with van der Waals surface area (Å²) in [6.45, 7) is 7.64. The fraction of sp³-hybridized carbons (Fsp3) is 0.500. The van der Waals surface area contributed by atoms with Gasteiger partial charge in [0.1, 0.15) is 0 Å². The highest BCUT2D eigenvalue weighted by Crippen LogP contribution is 2.20. The molecule has 1 saturated heterocycles. The number of ether oxygens (including phenoxy) is 1. The van der Waals surface area contributed by atoms with Crippen LogP contribution in [0.2, 0.25) is 0 Å². The second-order valence-electron chi connectivity index (χ2n) is 6.75. The number of likely N-dealkylation sites (tertiary alicyclic amines) is 1. The molecule has 2 N–H and O–H groups in total. The Morgan fingerprint density at radius 2 is 2.04 bits per heavy atom. The zero-order chi connectivity index (χ0) is 18.7. The molecule has 1 fully saturated rings. The van der Waals surface area contributed by atoms with E-state index in [1.165, 1.54) is 0 Å². The van der Waals surface area contributed by atoms with Gasteiger partial charge in [0, 0.05) is 37.5 Å². The molecule has 1 aliphatic heterocycles. The second-order valence-corrected chi connectivity index (χ2v) is 6.75. The van der Waals surface area contributed by atoms with Gasteiger partial charge in [-0.25, -0.2) is 4.79 Å². The number of hydrogen-bond donors (Lipinski definition) is 2. The number of carbonyl (C=O) groups is 1. The van der Waals surface area contributed by atoms with E-state index in [0.29, 0.717) is 23.4 Å². The summed E-state index contributed by atoms with van der Waals surface area (Å²) in [5, 5.41) is 9.63. The fourth-order valence-electron chi connectivity index (χ4n) is 3.05. The molecule has 3 rings (SSSR count). The van der Waals surface area contributed by atoms with Crippen LogP contribution in [0.25, 0.3) is 11.5 Å². The number of carbonyl (C=O) groups excluding carboxylic acids is 1. The average molecular weight is 359 g/mol. The summed E-state index contributed by atoms with van der Waals surface area (Å²) in [6.07, 6.45) is -0.00806. The molecule has 8 nitrogen and oxygen atoms in total. The van der Waals surface area contributed by atoms with Gasteiger partial charge in [0.2, 0.25) is 0 Å². The molecule has 2 aromatic rings. The molecule has 2 atom stereocenters. The second kappa shape index (κ2) is 7.84. The van der Waals surface area contributed by atoms with Gasteiger partial charge in [-0.2, -0.15) is 4.98 Å². The van der Waals surface area contributed by atoms with Gasteiger partial charge in [-0.15, -0.1) is 0 Å². The average Bonchev–Trinajstić information content (AvgIpc) is 3.22. The number of nitrogens with one attached hydrogen (secondary N) is 2. The van der Waals surface area contributed by atoms with E-state index in [1.54, 1.807) is 26.2 Å². The number of amides is 2. The maximum absolute atomic E-state index is 12.3. The summed E-state index contributed by atoms with van der Waals surface area (Å²) in [4.78, 5) is 18.8. The van der Waals surface area contributed by atoms with Crippen LogP contribution in [-0.2, 0) is 4.74 Å². The lowest BCUT2D eigenvalue weighted by molar-refractivity contribution is 0.0896. The minimum atomic E-state index is -0.246. The minimum Gasteiger partial charge on any atom is -0.378 e. The van der Waals surface area contributed by atoms with Gasteiger partial charge >= 0.3 is 6.03 Å². The minimum absolute atomic E-state index is 0.00806. The third kappa shape index (κ3) is 4.20. The van der Waals surface area contributed by atoms with Crippen LogP contribution in [0.1, 0.15) is 19.7 Å². The van der Waals surface area contributed by atoms with E-state index in [4.69, 9.17) is 9.26 Å². The SMILES string of the molecule is CO[C@H]1CN(C(C)C)C[C@@H]1NC(=O)Nc1ccc(-c2nc(C)no2)cc1. The zero-order valence-electron chi connectivity index (χ0n) is 15.5. The van der Waals surface area contributed by atoms with E-state index < -0.39 is 0 Å². The lowest BCUT2D eigenvalue weighted by Gasteiger charge is -2.20. The highest BCUT2D eigenvalue weighted by atomic mass is 16.5. The third-order valence-electron chi connectivity index (χ3n) is 4.56. The summed E-state index contributed by atoms with van der Waals surface area (Å²) < 4.78 is 10.6. The summed E-state index contributed by atoms with van der Waals surface area (Å²) >= 11 is 0. The van der Waals surface area contributed by atoms with E-state index >= 15 is 0 Å². The summed E-state index contributed by atoms with van der Waals surface area (Å²) in [6, 6.07) is 7.40. The van der Waals surface area contributed by atoms with Gasteiger partial charge in [-0.05, 0) is 45.0 Å². The molecule has 8 heteroatoms. The molecule has 1 aromatic carbocycles. The van der Waals surface area contributed by atoms with Gasteiger partial charge < -0.3 is 19.9 Å². The van der Waals surface area contributed by atoms with Gasteiger partial charge in [-0.3, -0.25) is 4.90 Å². The number of methoxy groups -OCH3 is 1. The molecule has 0 radical (unpaired) electrons. The number of aryl methyl sites for hydroxylation is 1. The van der Waals surface area contributed by atoms with Crippen LogP contribution < -0.4 is 10.6 Å². The van der Waals surface area contributed by atoms with E-state index in [1.807, 2.05) is 12.1 Å². The molecule has 1 aromatic heterocycles. The Kier molecular flexibility index (Phi) is 5.53. The molecule has 0 unspecified atom stereocenters. The molecule has 2 heterocycles. The number of rotatable bonds is 5. The molecular formula is C18H25N5O3.